The molecule has 4 nitrogen and oxygen atoms in total. The number of halogens is 1. The van der Waals surface area contributed by atoms with Crippen LogP contribution in [-0.4, -0.2) is 21.5 Å². The molecule has 1 aromatic carbocycles. The molecule has 0 saturated carbocycles. The summed E-state index contributed by atoms with van der Waals surface area (Å²) in [5.41, 5.74) is 0.810. The van der Waals surface area contributed by atoms with E-state index < -0.39 is 5.82 Å². The smallest absolute Gasteiger partial charge is 0.274 e. The van der Waals surface area contributed by atoms with Crippen LogP contribution in [0.1, 0.15) is 32.0 Å². The summed E-state index contributed by atoms with van der Waals surface area (Å²) in [5.74, 6) is -0.466. The number of aliphatic hydroxyl groups is 1. The van der Waals surface area contributed by atoms with E-state index in [1.54, 1.807) is 18.2 Å². The summed E-state index contributed by atoms with van der Waals surface area (Å²) in [6, 6.07) is 6.10. The first kappa shape index (κ1) is 14.5. The first-order valence-corrected chi connectivity index (χ1v) is 6.56. The van der Waals surface area contributed by atoms with Gasteiger partial charge in [-0.15, -0.1) is 0 Å². The van der Waals surface area contributed by atoms with Crippen LogP contribution in [0.15, 0.2) is 29.1 Å². The van der Waals surface area contributed by atoms with Crippen molar-refractivity contribution in [2.24, 2.45) is 0 Å². The summed E-state index contributed by atoms with van der Waals surface area (Å²) in [6.45, 7) is 5.77. The number of para-hydroxylation sites is 1. The fourth-order valence-corrected chi connectivity index (χ4v) is 2.24. The number of benzene rings is 1. The van der Waals surface area contributed by atoms with Gasteiger partial charge in [0, 0.05) is 29.7 Å². The minimum absolute atomic E-state index is 0.118. The molecule has 0 bridgehead atoms. The zero-order valence-corrected chi connectivity index (χ0v) is 11.9. The highest BCUT2D eigenvalue weighted by atomic mass is 19.1. The molecule has 0 aliphatic carbocycles. The Labute approximate surface area is 116 Å². The highest BCUT2D eigenvalue weighted by Crippen LogP contribution is 2.23. The van der Waals surface area contributed by atoms with E-state index in [1.165, 1.54) is 10.7 Å². The van der Waals surface area contributed by atoms with Crippen LogP contribution in [0.5, 0.6) is 0 Å². The van der Waals surface area contributed by atoms with E-state index in [0.717, 1.165) is 5.69 Å². The van der Waals surface area contributed by atoms with Crippen molar-refractivity contribution in [1.29, 1.82) is 0 Å². The molecule has 0 atom stereocenters. The quantitative estimate of drug-likeness (QED) is 0.903. The Kier molecular flexibility index (Phi) is 3.81. The number of rotatable bonds is 3. The molecule has 1 aromatic heterocycles. The highest BCUT2D eigenvalue weighted by Gasteiger charge is 2.25. The second-order valence-corrected chi connectivity index (χ2v) is 5.78. The van der Waals surface area contributed by atoms with Crippen molar-refractivity contribution in [1.82, 2.24) is 9.78 Å². The summed E-state index contributed by atoms with van der Waals surface area (Å²) in [7, 11) is 0. The zero-order valence-electron chi connectivity index (χ0n) is 11.9. The first-order chi connectivity index (χ1) is 9.36. The van der Waals surface area contributed by atoms with Gasteiger partial charge in [0.2, 0.25) is 0 Å². The third kappa shape index (κ3) is 2.54. The largest absolute Gasteiger partial charge is 0.396 e. The molecule has 2 N–H and O–H groups in total. The zero-order chi connectivity index (χ0) is 14.9. The fourth-order valence-electron chi connectivity index (χ4n) is 2.24. The van der Waals surface area contributed by atoms with Crippen LogP contribution in [-0.2, 0) is 11.8 Å². The van der Waals surface area contributed by atoms with Crippen LogP contribution in [0.3, 0.4) is 0 Å². The van der Waals surface area contributed by atoms with Gasteiger partial charge in [0.05, 0.1) is 0 Å². The number of H-pyrrole nitrogens is 1. The third-order valence-electron chi connectivity index (χ3n) is 3.19. The van der Waals surface area contributed by atoms with Crippen molar-refractivity contribution < 1.29 is 9.50 Å². The minimum Gasteiger partial charge on any atom is -0.396 e. The van der Waals surface area contributed by atoms with Crippen molar-refractivity contribution in [3.63, 3.8) is 0 Å². The molecule has 0 unspecified atom stereocenters. The Balaban J connectivity index is 2.68. The SMILES string of the molecule is CC(C)(C)c1[nH]n(-c2ccccc2F)c(=O)c1CCO. The Bertz CT molecular complexity index is 665. The maximum absolute atomic E-state index is 13.8. The normalized spacial score (nSPS) is 11.8. The maximum Gasteiger partial charge on any atom is 0.274 e. The summed E-state index contributed by atoms with van der Waals surface area (Å²) in [6.07, 6.45) is 0.253. The molecule has 0 aliphatic heterocycles. The standard InChI is InChI=1S/C15H19FN2O2/c1-15(2,3)13-10(8-9-19)14(20)18(17-13)12-7-5-4-6-11(12)16/h4-7,17,19H,8-9H2,1-3H3. The fraction of sp³-hybridized carbons (Fsp3) is 0.400. The molecule has 2 rings (SSSR count). The van der Waals surface area contributed by atoms with Crippen LogP contribution < -0.4 is 5.56 Å². The predicted molar refractivity (Wildman–Crippen MR) is 75.8 cm³/mol. The number of hydrogen-bond acceptors (Lipinski definition) is 2. The van der Waals surface area contributed by atoms with Crippen LogP contribution in [0.25, 0.3) is 5.69 Å². The van der Waals surface area contributed by atoms with Gasteiger partial charge in [0.25, 0.3) is 5.56 Å². The van der Waals surface area contributed by atoms with Gasteiger partial charge < -0.3 is 5.11 Å². The van der Waals surface area contributed by atoms with Gasteiger partial charge >= 0.3 is 0 Å². The van der Waals surface area contributed by atoms with Crippen LogP contribution >= 0.6 is 0 Å². The van der Waals surface area contributed by atoms with E-state index in [2.05, 4.69) is 5.10 Å². The summed E-state index contributed by atoms with van der Waals surface area (Å²) in [4.78, 5) is 12.4. The number of aromatic amines is 1. The van der Waals surface area contributed by atoms with Crippen LogP contribution in [0.2, 0.25) is 0 Å². The molecule has 108 valence electrons. The van der Waals surface area contributed by atoms with Gasteiger partial charge in [-0.1, -0.05) is 32.9 Å². The molecule has 0 fully saturated rings. The number of aromatic nitrogens is 2. The molecular weight excluding hydrogens is 259 g/mol. The molecule has 0 radical (unpaired) electrons. The molecule has 0 amide bonds. The molecule has 2 aromatic rings. The van der Waals surface area contributed by atoms with Crippen molar-refractivity contribution in [2.75, 3.05) is 6.61 Å². The first-order valence-electron chi connectivity index (χ1n) is 6.56. The lowest BCUT2D eigenvalue weighted by molar-refractivity contribution is 0.298. The van der Waals surface area contributed by atoms with Crippen molar-refractivity contribution in [3.8, 4) is 5.69 Å². The number of hydrogen-bond donors (Lipinski definition) is 2. The Morgan fingerprint density at radius 3 is 2.50 bits per heavy atom. The molecule has 5 heteroatoms. The van der Waals surface area contributed by atoms with E-state index in [0.29, 0.717) is 5.56 Å². The van der Waals surface area contributed by atoms with Gasteiger partial charge in [-0.25, -0.2) is 9.07 Å². The van der Waals surface area contributed by atoms with Crippen LogP contribution in [0.4, 0.5) is 4.39 Å². The maximum atomic E-state index is 13.8. The van der Waals surface area contributed by atoms with E-state index in [-0.39, 0.29) is 29.7 Å². The number of aliphatic hydroxyl groups excluding tert-OH is 1. The average molecular weight is 278 g/mol. The third-order valence-corrected chi connectivity index (χ3v) is 3.19. The van der Waals surface area contributed by atoms with E-state index in [1.807, 2.05) is 20.8 Å². The summed E-state index contributed by atoms with van der Waals surface area (Å²) in [5, 5.41) is 12.1. The summed E-state index contributed by atoms with van der Waals surface area (Å²) < 4.78 is 15.1. The molecule has 20 heavy (non-hydrogen) atoms. The lowest BCUT2D eigenvalue weighted by Gasteiger charge is -2.18. The average Bonchev–Trinajstić information content (AvgIpc) is 2.68. The van der Waals surface area contributed by atoms with Crippen molar-refractivity contribution in [3.05, 3.63) is 51.7 Å². The minimum atomic E-state index is -0.466. The van der Waals surface area contributed by atoms with Crippen LogP contribution in [0, 0.1) is 5.82 Å². The van der Waals surface area contributed by atoms with Gasteiger partial charge in [-0.05, 0) is 12.1 Å². The molecule has 0 saturated heterocycles. The topological polar surface area (TPSA) is 58.0 Å². The van der Waals surface area contributed by atoms with Crippen molar-refractivity contribution in [2.45, 2.75) is 32.6 Å². The monoisotopic (exact) mass is 278 g/mol. The van der Waals surface area contributed by atoms with E-state index in [4.69, 9.17) is 5.11 Å². The second kappa shape index (κ2) is 5.25. The van der Waals surface area contributed by atoms with Gasteiger partial charge in [0.15, 0.2) is 0 Å². The Morgan fingerprint density at radius 1 is 1.30 bits per heavy atom. The number of nitrogens with zero attached hydrogens (tertiary/aromatic N) is 1. The predicted octanol–water partition coefficient (Wildman–Crippen LogP) is 2.14. The molecular formula is C15H19FN2O2. The summed E-state index contributed by atoms with van der Waals surface area (Å²) >= 11 is 0. The second-order valence-electron chi connectivity index (χ2n) is 5.78. The Morgan fingerprint density at radius 2 is 1.95 bits per heavy atom. The lowest BCUT2D eigenvalue weighted by atomic mass is 9.89. The molecule has 0 spiro atoms. The Hall–Kier alpha value is -1.88. The molecule has 0 aliphatic rings. The number of nitrogens with one attached hydrogen (secondary N) is 1. The van der Waals surface area contributed by atoms with E-state index >= 15 is 0 Å². The van der Waals surface area contributed by atoms with Gasteiger partial charge in [-0.3, -0.25) is 9.89 Å². The van der Waals surface area contributed by atoms with Gasteiger partial charge in [0.1, 0.15) is 11.5 Å². The van der Waals surface area contributed by atoms with E-state index in [9.17, 15) is 9.18 Å². The highest BCUT2D eigenvalue weighted by molar-refractivity contribution is 5.36. The molecule has 1 heterocycles. The lowest BCUT2D eigenvalue weighted by Crippen LogP contribution is -2.19. The van der Waals surface area contributed by atoms with Gasteiger partial charge in [-0.2, -0.15) is 0 Å². The van der Waals surface area contributed by atoms with Crippen molar-refractivity contribution >= 4 is 0 Å².